The molecule has 2 unspecified atom stereocenters. The summed E-state index contributed by atoms with van der Waals surface area (Å²) in [6.07, 6.45) is -0.485. The maximum atomic E-state index is 11.5. The predicted molar refractivity (Wildman–Crippen MR) is 112 cm³/mol. The molecule has 3 aromatic rings. The summed E-state index contributed by atoms with van der Waals surface area (Å²) in [5, 5.41) is 59.4. The van der Waals surface area contributed by atoms with Crippen molar-refractivity contribution in [1.82, 2.24) is 14.9 Å². The lowest BCUT2D eigenvalue weighted by atomic mass is 10.1. The number of phenolic OH excluding ortho intramolecular Hbond substituents is 3. The number of aromatic nitrogens is 2. The van der Waals surface area contributed by atoms with Crippen molar-refractivity contribution >= 4 is 34.3 Å². The van der Waals surface area contributed by atoms with Gasteiger partial charge in [0.05, 0.1) is 17.7 Å². The maximum Gasteiger partial charge on any atom is 0.337 e. The van der Waals surface area contributed by atoms with Crippen molar-refractivity contribution < 1.29 is 35.4 Å². The molecule has 1 aromatic heterocycles. The quantitative estimate of drug-likeness (QED) is 0.180. The summed E-state index contributed by atoms with van der Waals surface area (Å²) in [4.78, 5) is 25.5. The summed E-state index contributed by atoms with van der Waals surface area (Å²) < 4.78 is 0. The van der Waals surface area contributed by atoms with E-state index in [1.54, 1.807) is 0 Å². The Morgan fingerprint density at radius 1 is 1.00 bits per heavy atom. The van der Waals surface area contributed by atoms with Gasteiger partial charge in [-0.05, 0) is 26.0 Å². The van der Waals surface area contributed by atoms with Crippen LogP contribution < -0.4 is 0 Å². The maximum absolute atomic E-state index is 11.5. The Morgan fingerprint density at radius 2 is 1.61 bits per heavy atom. The molecule has 31 heavy (non-hydrogen) atoms. The zero-order valence-electron chi connectivity index (χ0n) is 16.8. The Balaban J connectivity index is 2.09. The molecule has 0 aliphatic carbocycles. The Hall–Kier alpha value is -3.54. The van der Waals surface area contributed by atoms with E-state index < -0.39 is 24.2 Å². The van der Waals surface area contributed by atoms with E-state index in [-0.39, 0.29) is 57.8 Å². The molecule has 1 heterocycles. The molecule has 0 aliphatic rings. The number of hydrogen-bond donors (Lipinski definition) is 6. The largest absolute Gasteiger partial charge is 0.507 e. The second kappa shape index (κ2) is 8.68. The molecular formula is C20H22N4O7. The number of aliphatic hydroxyl groups excluding tert-OH is 2. The number of carbonyl (C=O) groups is 1. The number of hydrogen-bond acceptors (Lipinski definition) is 10. The number of carboxylic acid groups (broad SMARTS) is 1. The molecule has 3 rings (SSSR count). The summed E-state index contributed by atoms with van der Waals surface area (Å²) in [6.45, 7) is 3.40. The molecule has 0 saturated carbocycles. The van der Waals surface area contributed by atoms with Gasteiger partial charge in [0.2, 0.25) is 0 Å². The number of carboxylic acids is 1. The number of aromatic carboxylic acids is 1. The molecule has 0 amide bonds. The van der Waals surface area contributed by atoms with E-state index in [9.17, 15) is 35.4 Å². The molecule has 2 atom stereocenters. The van der Waals surface area contributed by atoms with E-state index in [0.29, 0.717) is 0 Å². The predicted octanol–water partition coefficient (Wildman–Crippen LogP) is 0.995. The lowest BCUT2D eigenvalue weighted by Crippen LogP contribution is -2.41. The van der Waals surface area contributed by atoms with Crippen LogP contribution in [0.1, 0.15) is 29.8 Å². The minimum absolute atomic E-state index is 0.00879. The summed E-state index contributed by atoms with van der Waals surface area (Å²) >= 11 is 0. The fourth-order valence-corrected chi connectivity index (χ4v) is 3.20. The minimum atomic E-state index is -1.28. The summed E-state index contributed by atoms with van der Waals surface area (Å²) in [6, 6.07) is 3.38. The number of rotatable bonds is 7. The second-order valence-corrected chi connectivity index (χ2v) is 6.92. The highest BCUT2D eigenvalue weighted by Gasteiger charge is 2.20. The van der Waals surface area contributed by atoms with Crippen molar-refractivity contribution in [3.8, 4) is 17.2 Å². The molecule has 11 heteroatoms. The van der Waals surface area contributed by atoms with E-state index in [4.69, 9.17) is 0 Å². The highest BCUT2D eigenvalue weighted by Crippen LogP contribution is 2.35. The van der Waals surface area contributed by atoms with Gasteiger partial charge in [0, 0.05) is 18.8 Å². The zero-order valence-corrected chi connectivity index (χ0v) is 16.8. The van der Waals surface area contributed by atoms with Crippen molar-refractivity contribution in [2.24, 2.45) is 4.99 Å². The van der Waals surface area contributed by atoms with Crippen LogP contribution in [0.25, 0.3) is 22.1 Å². The first kappa shape index (κ1) is 22.2. The van der Waals surface area contributed by atoms with Crippen LogP contribution in [0.4, 0.5) is 0 Å². The van der Waals surface area contributed by atoms with Crippen LogP contribution in [0.15, 0.2) is 23.2 Å². The number of phenols is 3. The van der Waals surface area contributed by atoms with Crippen LogP contribution in [0.3, 0.4) is 0 Å². The van der Waals surface area contributed by atoms with E-state index >= 15 is 0 Å². The van der Waals surface area contributed by atoms with Gasteiger partial charge in [-0.15, -0.1) is 0 Å². The van der Waals surface area contributed by atoms with Gasteiger partial charge in [-0.2, -0.15) is 0 Å². The average molecular weight is 430 g/mol. The van der Waals surface area contributed by atoms with Crippen LogP contribution in [0.2, 0.25) is 0 Å². The number of aromatic hydroxyl groups is 3. The number of aliphatic hydroxyl groups is 2. The first-order chi connectivity index (χ1) is 14.6. The highest BCUT2D eigenvalue weighted by molar-refractivity contribution is 6.08. The summed E-state index contributed by atoms with van der Waals surface area (Å²) in [5.74, 6) is -2.36. The molecule has 0 saturated heterocycles. The molecule has 0 aliphatic heterocycles. The van der Waals surface area contributed by atoms with Gasteiger partial charge in [-0.3, -0.25) is 9.89 Å². The van der Waals surface area contributed by atoms with Crippen molar-refractivity contribution in [3.63, 3.8) is 0 Å². The Labute approximate surface area is 176 Å². The molecule has 2 aromatic carbocycles. The smallest absolute Gasteiger partial charge is 0.337 e. The SMILES string of the molecule is CC(O)N(CCN=Cc1c(O)cc(O)c2nc3c(C(=O)O)ccc(O)c3nc12)C(C)O. The summed E-state index contributed by atoms with van der Waals surface area (Å²) in [5.41, 5.74) is -0.400. The molecule has 6 N–H and O–H groups in total. The van der Waals surface area contributed by atoms with Crippen molar-refractivity contribution in [2.75, 3.05) is 13.1 Å². The normalized spacial score (nSPS) is 14.0. The Morgan fingerprint density at radius 3 is 2.23 bits per heavy atom. The molecule has 11 nitrogen and oxygen atoms in total. The van der Waals surface area contributed by atoms with Gasteiger partial charge in [-0.25, -0.2) is 14.8 Å². The van der Waals surface area contributed by atoms with Gasteiger partial charge in [0.1, 0.15) is 51.8 Å². The monoisotopic (exact) mass is 430 g/mol. The molecule has 164 valence electrons. The van der Waals surface area contributed by atoms with Crippen LogP contribution >= 0.6 is 0 Å². The van der Waals surface area contributed by atoms with E-state index in [1.165, 1.54) is 37.1 Å². The third kappa shape index (κ3) is 4.33. The Bertz CT molecular complexity index is 1170. The summed E-state index contributed by atoms with van der Waals surface area (Å²) in [7, 11) is 0. The third-order valence-electron chi connectivity index (χ3n) is 4.75. The minimum Gasteiger partial charge on any atom is -0.507 e. The first-order valence-corrected chi connectivity index (χ1v) is 9.35. The number of benzene rings is 2. The van der Waals surface area contributed by atoms with Crippen LogP contribution in [0, 0.1) is 0 Å². The zero-order chi connectivity index (χ0) is 22.9. The molecule has 0 radical (unpaired) electrons. The Kier molecular flexibility index (Phi) is 6.20. The second-order valence-electron chi connectivity index (χ2n) is 6.92. The lowest BCUT2D eigenvalue weighted by molar-refractivity contribution is -0.0818. The first-order valence-electron chi connectivity index (χ1n) is 9.35. The molecule has 0 spiro atoms. The fraction of sp³-hybridized carbons (Fsp3) is 0.300. The lowest BCUT2D eigenvalue weighted by Gasteiger charge is -2.27. The van der Waals surface area contributed by atoms with Crippen LogP contribution in [-0.2, 0) is 0 Å². The topological polar surface area (TPSA) is 180 Å². The van der Waals surface area contributed by atoms with Crippen LogP contribution in [0.5, 0.6) is 17.2 Å². The standard InChI is InChI=1S/C20H22N4O7/c1-9(25)24(10(2)26)6-5-21-8-12-14(28)7-15(29)19-17(12)23-18-13(27)4-3-11(20(30)31)16(18)22-19/h3-4,7-10,25-29H,5-6H2,1-2H3,(H,30,31). The van der Waals surface area contributed by atoms with Gasteiger partial charge < -0.3 is 30.6 Å². The number of nitrogens with zero attached hydrogens (tertiary/aromatic N) is 4. The van der Waals surface area contributed by atoms with Gasteiger partial charge in [-0.1, -0.05) is 0 Å². The average Bonchev–Trinajstić information content (AvgIpc) is 2.68. The fourth-order valence-electron chi connectivity index (χ4n) is 3.20. The highest BCUT2D eigenvalue weighted by atomic mass is 16.4. The third-order valence-corrected chi connectivity index (χ3v) is 4.75. The van der Waals surface area contributed by atoms with E-state index in [2.05, 4.69) is 15.0 Å². The van der Waals surface area contributed by atoms with Gasteiger partial charge in [0.25, 0.3) is 0 Å². The van der Waals surface area contributed by atoms with Crippen molar-refractivity contribution in [1.29, 1.82) is 0 Å². The van der Waals surface area contributed by atoms with Crippen molar-refractivity contribution in [3.05, 3.63) is 29.3 Å². The van der Waals surface area contributed by atoms with Gasteiger partial charge in [0.15, 0.2) is 0 Å². The van der Waals surface area contributed by atoms with E-state index in [1.807, 2.05) is 0 Å². The molecular weight excluding hydrogens is 408 g/mol. The van der Waals surface area contributed by atoms with Crippen molar-refractivity contribution in [2.45, 2.75) is 26.3 Å². The molecule has 0 fully saturated rings. The van der Waals surface area contributed by atoms with Crippen LogP contribution in [-0.4, -0.2) is 83.2 Å². The van der Waals surface area contributed by atoms with Gasteiger partial charge >= 0.3 is 5.97 Å². The number of fused-ring (bicyclic) bond motifs is 2. The molecule has 0 bridgehead atoms. The number of aliphatic imine (C=N–C) groups is 1. The van der Waals surface area contributed by atoms with E-state index in [0.717, 1.165) is 6.07 Å².